The number of carbonyl (C=O) groups is 1. The second kappa shape index (κ2) is 7.65. The van der Waals surface area contributed by atoms with Crippen LogP contribution < -0.4 is 10.6 Å². The molecule has 5 nitrogen and oxygen atoms in total. The molecule has 0 saturated carbocycles. The normalized spacial score (nSPS) is 11.1. The Labute approximate surface area is 164 Å². The van der Waals surface area contributed by atoms with Crippen molar-refractivity contribution in [2.24, 2.45) is 0 Å². The summed E-state index contributed by atoms with van der Waals surface area (Å²) in [4.78, 5) is 17.2. The molecule has 2 N–H and O–H groups in total. The van der Waals surface area contributed by atoms with Crippen LogP contribution in [-0.2, 0) is 4.79 Å². The molecule has 2 heterocycles. The molecule has 4 aromatic rings. The van der Waals surface area contributed by atoms with Gasteiger partial charge in [0.05, 0.1) is 5.69 Å². The van der Waals surface area contributed by atoms with Gasteiger partial charge in [-0.25, -0.2) is 4.98 Å². The molecule has 4 rings (SSSR count). The number of anilines is 3. The highest BCUT2D eigenvalue weighted by Gasteiger charge is 2.08. The molecule has 2 aromatic carbocycles. The molecule has 27 heavy (non-hydrogen) atoms. The van der Waals surface area contributed by atoms with E-state index in [1.165, 1.54) is 17.4 Å². The number of para-hydroxylation sites is 1. The van der Waals surface area contributed by atoms with Gasteiger partial charge >= 0.3 is 0 Å². The molecule has 0 bridgehead atoms. The minimum Gasteiger partial charge on any atom is -0.356 e. The molecule has 0 aliphatic carbocycles. The number of benzene rings is 2. The van der Waals surface area contributed by atoms with Gasteiger partial charge in [-0.15, -0.1) is 11.3 Å². The van der Waals surface area contributed by atoms with Crippen molar-refractivity contribution >= 4 is 56.9 Å². The Morgan fingerprint density at radius 3 is 2.52 bits per heavy atom. The summed E-state index contributed by atoms with van der Waals surface area (Å²) in [7, 11) is 0. The third-order valence-electron chi connectivity index (χ3n) is 3.86. The Balaban J connectivity index is 1.40. The van der Waals surface area contributed by atoms with Gasteiger partial charge in [0.15, 0.2) is 10.1 Å². The van der Waals surface area contributed by atoms with Crippen molar-refractivity contribution in [1.29, 1.82) is 0 Å². The summed E-state index contributed by atoms with van der Waals surface area (Å²) in [5.74, 6) is -0.236. The van der Waals surface area contributed by atoms with Crippen molar-refractivity contribution in [3.8, 4) is 0 Å². The highest BCUT2D eigenvalue weighted by Crippen LogP contribution is 2.22. The second-order valence-corrected chi connectivity index (χ2v) is 6.97. The van der Waals surface area contributed by atoms with Gasteiger partial charge in [0.1, 0.15) is 0 Å². The SMILES string of the molecule is O=C(/C=C/c1c(Cl)nc2sccn12)Nc1ccc(Nc2ccccc2)cc1. The van der Waals surface area contributed by atoms with E-state index in [2.05, 4.69) is 15.6 Å². The fourth-order valence-electron chi connectivity index (χ4n) is 2.59. The number of nitrogens with zero attached hydrogens (tertiary/aromatic N) is 2. The molecule has 0 radical (unpaired) electrons. The number of halogens is 1. The van der Waals surface area contributed by atoms with Crippen molar-refractivity contribution in [1.82, 2.24) is 9.38 Å². The van der Waals surface area contributed by atoms with Gasteiger partial charge < -0.3 is 10.6 Å². The molecule has 1 amide bonds. The molecule has 134 valence electrons. The zero-order valence-electron chi connectivity index (χ0n) is 14.1. The van der Waals surface area contributed by atoms with Gasteiger partial charge in [-0.3, -0.25) is 9.20 Å². The van der Waals surface area contributed by atoms with Gasteiger partial charge in [-0.2, -0.15) is 0 Å². The summed E-state index contributed by atoms with van der Waals surface area (Å²) in [6.07, 6.45) is 4.98. The largest absolute Gasteiger partial charge is 0.356 e. The molecular formula is C20H15ClN4OS. The number of imidazole rings is 1. The number of amides is 1. The third-order valence-corrected chi connectivity index (χ3v) is 4.90. The van der Waals surface area contributed by atoms with Crippen LogP contribution in [0.5, 0.6) is 0 Å². The average Bonchev–Trinajstić information content (AvgIpc) is 3.23. The Morgan fingerprint density at radius 2 is 1.74 bits per heavy atom. The van der Waals surface area contributed by atoms with Crippen LogP contribution in [0.1, 0.15) is 5.69 Å². The van der Waals surface area contributed by atoms with E-state index in [0.29, 0.717) is 16.5 Å². The Morgan fingerprint density at radius 1 is 1.04 bits per heavy atom. The van der Waals surface area contributed by atoms with Crippen LogP contribution in [0.2, 0.25) is 5.15 Å². The molecule has 0 fully saturated rings. The maximum absolute atomic E-state index is 12.2. The summed E-state index contributed by atoms with van der Waals surface area (Å²) in [5, 5.41) is 8.43. The first-order valence-electron chi connectivity index (χ1n) is 8.21. The lowest BCUT2D eigenvalue weighted by Gasteiger charge is -2.07. The lowest BCUT2D eigenvalue weighted by Crippen LogP contribution is -2.07. The Hall–Kier alpha value is -3.09. The predicted octanol–water partition coefficient (Wildman–Crippen LogP) is 5.44. The van der Waals surface area contributed by atoms with E-state index in [1.807, 2.05) is 70.6 Å². The number of rotatable bonds is 5. The molecule has 2 aromatic heterocycles. The highest BCUT2D eigenvalue weighted by atomic mass is 35.5. The first-order chi connectivity index (χ1) is 13.2. The lowest BCUT2D eigenvalue weighted by atomic mass is 10.2. The van der Waals surface area contributed by atoms with E-state index in [9.17, 15) is 4.79 Å². The van der Waals surface area contributed by atoms with E-state index >= 15 is 0 Å². The van der Waals surface area contributed by atoms with Gasteiger partial charge in [0.2, 0.25) is 5.91 Å². The van der Waals surface area contributed by atoms with Gasteiger partial charge in [0.25, 0.3) is 0 Å². The molecule has 0 aliphatic rings. The summed E-state index contributed by atoms with van der Waals surface area (Å²) in [6.45, 7) is 0. The van der Waals surface area contributed by atoms with Crippen LogP contribution in [0.3, 0.4) is 0 Å². The minimum atomic E-state index is -0.236. The quantitative estimate of drug-likeness (QED) is 0.443. The number of thiazole rings is 1. The summed E-state index contributed by atoms with van der Waals surface area (Å²) < 4.78 is 1.85. The van der Waals surface area contributed by atoms with Crippen molar-refractivity contribution in [3.63, 3.8) is 0 Å². The summed E-state index contributed by atoms with van der Waals surface area (Å²) in [6, 6.07) is 17.4. The molecule has 7 heteroatoms. The van der Waals surface area contributed by atoms with Crippen LogP contribution in [0.25, 0.3) is 11.0 Å². The van der Waals surface area contributed by atoms with E-state index in [4.69, 9.17) is 11.6 Å². The second-order valence-electron chi connectivity index (χ2n) is 5.73. The fraction of sp³-hybridized carbons (Fsp3) is 0. The van der Waals surface area contributed by atoms with Crippen molar-refractivity contribution in [3.05, 3.63) is 83.1 Å². The van der Waals surface area contributed by atoms with Gasteiger partial charge in [-0.05, 0) is 42.5 Å². The first kappa shape index (κ1) is 17.3. The van der Waals surface area contributed by atoms with Crippen LogP contribution in [0.15, 0.2) is 72.3 Å². The van der Waals surface area contributed by atoms with Crippen LogP contribution >= 0.6 is 22.9 Å². The third kappa shape index (κ3) is 4.02. The summed E-state index contributed by atoms with van der Waals surface area (Å²) >= 11 is 7.61. The molecule has 0 aliphatic heterocycles. The van der Waals surface area contributed by atoms with Gasteiger partial charge in [0, 0.05) is 34.7 Å². The van der Waals surface area contributed by atoms with Crippen molar-refractivity contribution < 1.29 is 4.79 Å². The number of carbonyl (C=O) groups excluding carboxylic acids is 1. The topological polar surface area (TPSA) is 58.4 Å². The van der Waals surface area contributed by atoms with E-state index in [1.54, 1.807) is 6.08 Å². The average molecular weight is 395 g/mol. The number of hydrogen-bond acceptors (Lipinski definition) is 4. The number of nitrogens with one attached hydrogen (secondary N) is 2. The maximum atomic E-state index is 12.2. The smallest absolute Gasteiger partial charge is 0.248 e. The zero-order chi connectivity index (χ0) is 18.6. The molecule has 0 spiro atoms. The van der Waals surface area contributed by atoms with Crippen molar-refractivity contribution in [2.45, 2.75) is 0 Å². The molecule has 0 saturated heterocycles. The Kier molecular flexibility index (Phi) is 4.91. The minimum absolute atomic E-state index is 0.236. The first-order valence-corrected chi connectivity index (χ1v) is 9.47. The maximum Gasteiger partial charge on any atom is 0.248 e. The van der Waals surface area contributed by atoms with Crippen LogP contribution in [0, 0.1) is 0 Å². The standard InChI is InChI=1S/C20H15ClN4OS/c21-19-17(25-12-13-27-20(25)24-19)10-11-18(26)23-16-8-6-15(7-9-16)22-14-4-2-1-3-5-14/h1-13,22H,(H,23,26)/b11-10+. The van der Waals surface area contributed by atoms with Gasteiger partial charge in [-0.1, -0.05) is 29.8 Å². The molecule has 0 atom stereocenters. The van der Waals surface area contributed by atoms with E-state index in [-0.39, 0.29) is 5.91 Å². The number of hydrogen-bond donors (Lipinski definition) is 2. The monoisotopic (exact) mass is 394 g/mol. The predicted molar refractivity (Wildman–Crippen MR) is 112 cm³/mol. The van der Waals surface area contributed by atoms with Crippen LogP contribution in [0.4, 0.5) is 17.1 Å². The fourth-order valence-corrected chi connectivity index (χ4v) is 3.59. The summed E-state index contributed by atoms with van der Waals surface area (Å²) in [5.41, 5.74) is 3.35. The van der Waals surface area contributed by atoms with Crippen LogP contribution in [-0.4, -0.2) is 15.3 Å². The zero-order valence-corrected chi connectivity index (χ0v) is 15.7. The van der Waals surface area contributed by atoms with Crippen molar-refractivity contribution in [2.75, 3.05) is 10.6 Å². The lowest BCUT2D eigenvalue weighted by molar-refractivity contribution is -0.111. The molecular weight excluding hydrogens is 380 g/mol. The molecule has 0 unspecified atom stereocenters. The Bertz CT molecular complexity index is 1100. The highest BCUT2D eigenvalue weighted by molar-refractivity contribution is 7.15. The number of fused-ring (bicyclic) bond motifs is 1. The van der Waals surface area contributed by atoms with E-state index in [0.717, 1.165) is 16.3 Å². The van der Waals surface area contributed by atoms with E-state index < -0.39 is 0 Å². The number of aromatic nitrogens is 2.